The molecule has 2 aromatic rings. The first-order chi connectivity index (χ1) is 10.8. The molecule has 0 aliphatic carbocycles. The number of carbonyl (C=O) groups is 1. The summed E-state index contributed by atoms with van der Waals surface area (Å²) >= 11 is 0. The van der Waals surface area contributed by atoms with Crippen molar-refractivity contribution in [3.63, 3.8) is 0 Å². The van der Waals surface area contributed by atoms with Gasteiger partial charge in [0.1, 0.15) is 0 Å². The highest BCUT2D eigenvalue weighted by atomic mass is 16.2. The van der Waals surface area contributed by atoms with Crippen molar-refractivity contribution in [1.82, 2.24) is 4.90 Å². The number of nitrogens with zero attached hydrogens (tertiary/aromatic N) is 1. The van der Waals surface area contributed by atoms with Crippen molar-refractivity contribution in [2.75, 3.05) is 0 Å². The zero-order valence-electron chi connectivity index (χ0n) is 13.1. The van der Waals surface area contributed by atoms with Gasteiger partial charge in [-0.3, -0.25) is 4.79 Å². The Kier molecular flexibility index (Phi) is 4.57. The predicted molar refractivity (Wildman–Crippen MR) is 89.2 cm³/mol. The smallest absolute Gasteiger partial charge is 0.228 e. The van der Waals surface area contributed by atoms with Gasteiger partial charge in [-0.1, -0.05) is 80.4 Å². The average molecular weight is 293 g/mol. The number of hydrogen-bond donors (Lipinski definition) is 0. The Labute approximate surface area is 132 Å². The van der Waals surface area contributed by atoms with E-state index in [1.165, 1.54) is 11.1 Å². The maximum Gasteiger partial charge on any atom is 0.228 e. The van der Waals surface area contributed by atoms with Gasteiger partial charge in [-0.05, 0) is 17.5 Å². The first kappa shape index (κ1) is 14.8. The number of likely N-dealkylation sites (tertiary alicyclic amines) is 1. The van der Waals surface area contributed by atoms with Crippen LogP contribution in [-0.4, -0.2) is 10.8 Å². The second-order valence-corrected chi connectivity index (χ2v) is 6.06. The number of rotatable bonds is 6. The molecule has 0 N–H and O–H groups in total. The van der Waals surface area contributed by atoms with Crippen LogP contribution >= 0.6 is 0 Å². The number of benzene rings is 2. The van der Waals surface area contributed by atoms with E-state index >= 15 is 0 Å². The quantitative estimate of drug-likeness (QED) is 0.714. The monoisotopic (exact) mass is 293 g/mol. The van der Waals surface area contributed by atoms with Crippen molar-refractivity contribution < 1.29 is 4.79 Å². The Morgan fingerprint density at radius 3 is 2.23 bits per heavy atom. The van der Waals surface area contributed by atoms with Gasteiger partial charge in [-0.25, -0.2) is 0 Å². The van der Waals surface area contributed by atoms with Crippen molar-refractivity contribution in [2.24, 2.45) is 5.92 Å². The van der Waals surface area contributed by atoms with Crippen molar-refractivity contribution in [3.8, 4) is 0 Å². The number of hydrogen-bond acceptors (Lipinski definition) is 1. The van der Waals surface area contributed by atoms with E-state index in [0.717, 1.165) is 19.3 Å². The van der Waals surface area contributed by atoms with E-state index in [1.54, 1.807) is 0 Å². The van der Waals surface area contributed by atoms with Gasteiger partial charge in [-0.15, -0.1) is 0 Å². The second-order valence-electron chi connectivity index (χ2n) is 6.06. The highest BCUT2D eigenvalue weighted by molar-refractivity contribution is 5.86. The summed E-state index contributed by atoms with van der Waals surface area (Å²) in [6.45, 7) is 2.89. The Morgan fingerprint density at radius 2 is 1.59 bits per heavy atom. The topological polar surface area (TPSA) is 20.3 Å². The molecule has 0 radical (unpaired) electrons. The van der Waals surface area contributed by atoms with Crippen LogP contribution in [0.1, 0.15) is 43.4 Å². The number of amides is 1. The molecule has 1 saturated heterocycles. The van der Waals surface area contributed by atoms with E-state index in [0.29, 0.717) is 12.5 Å². The number of carbonyl (C=O) groups excluding carboxylic acids is 1. The molecule has 3 rings (SSSR count). The molecule has 1 fully saturated rings. The summed E-state index contributed by atoms with van der Waals surface area (Å²) in [5.74, 6) is 0.470. The van der Waals surface area contributed by atoms with Crippen LogP contribution in [0, 0.1) is 5.92 Å². The molecular weight excluding hydrogens is 270 g/mol. The minimum absolute atomic E-state index is 0.158. The third-order valence-corrected chi connectivity index (χ3v) is 4.52. The lowest BCUT2D eigenvalue weighted by atomic mass is 9.79. The zero-order chi connectivity index (χ0) is 15.4. The van der Waals surface area contributed by atoms with Crippen LogP contribution in [0.4, 0.5) is 0 Å². The van der Waals surface area contributed by atoms with Crippen LogP contribution in [-0.2, 0) is 11.3 Å². The second kappa shape index (κ2) is 6.78. The summed E-state index contributed by atoms with van der Waals surface area (Å²) in [5, 5.41) is 0. The summed E-state index contributed by atoms with van der Waals surface area (Å²) in [6, 6.07) is 21.0. The number of β-lactam (4-membered cyclic amide) rings is 1. The van der Waals surface area contributed by atoms with Gasteiger partial charge >= 0.3 is 0 Å². The Morgan fingerprint density at radius 1 is 0.955 bits per heavy atom. The molecule has 1 aliphatic heterocycles. The van der Waals surface area contributed by atoms with Gasteiger partial charge in [0.2, 0.25) is 5.91 Å². The lowest BCUT2D eigenvalue weighted by Gasteiger charge is -2.48. The van der Waals surface area contributed by atoms with Crippen molar-refractivity contribution >= 4 is 5.91 Å². The van der Waals surface area contributed by atoms with Gasteiger partial charge in [-0.2, -0.15) is 0 Å². The van der Waals surface area contributed by atoms with Crippen molar-refractivity contribution in [3.05, 3.63) is 71.8 Å². The maximum absolute atomic E-state index is 12.6. The maximum atomic E-state index is 12.6. The Bertz CT molecular complexity index is 608. The summed E-state index contributed by atoms with van der Waals surface area (Å²) in [4.78, 5) is 14.6. The Hall–Kier alpha value is -2.09. The lowest BCUT2D eigenvalue weighted by Crippen LogP contribution is -2.54. The van der Waals surface area contributed by atoms with E-state index < -0.39 is 0 Å². The van der Waals surface area contributed by atoms with E-state index in [9.17, 15) is 4.79 Å². The fourth-order valence-electron chi connectivity index (χ4n) is 3.34. The number of unbranched alkanes of at least 4 members (excludes halogenated alkanes) is 1. The molecule has 0 saturated carbocycles. The molecule has 0 aromatic heterocycles. The van der Waals surface area contributed by atoms with Gasteiger partial charge < -0.3 is 4.90 Å². The predicted octanol–water partition coefficient (Wildman–Crippen LogP) is 4.58. The van der Waals surface area contributed by atoms with Gasteiger partial charge in [0.05, 0.1) is 12.0 Å². The van der Waals surface area contributed by atoms with E-state index in [2.05, 4.69) is 43.3 Å². The molecule has 0 unspecified atom stereocenters. The molecule has 1 heterocycles. The average Bonchev–Trinajstić information content (AvgIpc) is 2.58. The highest BCUT2D eigenvalue weighted by Gasteiger charge is 2.46. The van der Waals surface area contributed by atoms with E-state index in [4.69, 9.17) is 0 Å². The molecule has 114 valence electrons. The summed E-state index contributed by atoms with van der Waals surface area (Å²) in [7, 11) is 0. The largest absolute Gasteiger partial charge is 0.330 e. The zero-order valence-corrected chi connectivity index (χ0v) is 13.1. The fourth-order valence-corrected chi connectivity index (χ4v) is 3.34. The van der Waals surface area contributed by atoms with Crippen LogP contribution in [0.2, 0.25) is 0 Å². The van der Waals surface area contributed by atoms with Crippen LogP contribution in [0.5, 0.6) is 0 Å². The molecule has 22 heavy (non-hydrogen) atoms. The first-order valence-corrected chi connectivity index (χ1v) is 8.20. The van der Waals surface area contributed by atoms with Crippen LogP contribution in [0.3, 0.4) is 0 Å². The molecular formula is C20H23NO. The molecule has 0 spiro atoms. The Balaban J connectivity index is 1.80. The van der Waals surface area contributed by atoms with Crippen molar-refractivity contribution in [2.45, 2.75) is 38.8 Å². The van der Waals surface area contributed by atoms with Crippen LogP contribution in [0.15, 0.2) is 60.7 Å². The molecule has 1 amide bonds. The van der Waals surface area contributed by atoms with Crippen LogP contribution in [0.25, 0.3) is 0 Å². The third-order valence-electron chi connectivity index (χ3n) is 4.52. The highest BCUT2D eigenvalue weighted by Crippen LogP contribution is 2.43. The van der Waals surface area contributed by atoms with Crippen molar-refractivity contribution in [1.29, 1.82) is 0 Å². The SMILES string of the molecule is CCCC[C@H]1C(=O)N(Cc2ccccc2)[C@@H]1c1ccccc1. The lowest BCUT2D eigenvalue weighted by molar-refractivity contribution is -0.158. The minimum Gasteiger partial charge on any atom is -0.330 e. The minimum atomic E-state index is 0.158. The van der Waals surface area contributed by atoms with Gasteiger partial charge in [0, 0.05) is 6.54 Å². The third kappa shape index (κ3) is 2.92. The molecule has 2 nitrogen and oxygen atoms in total. The summed E-state index contributed by atoms with van der Waals surface area (Å²) in [5.41, 5.74) is 2.46. The van der Waals surface area contributed by atoms with E-state index in [1.807, 2.05) is 29.2 Å². The van der Waals surface area contributed by atoms with Crippen LogP contribution < -0.4 is 0 Å². The molecule has 2 aromatic carbocycles. The summed E-state index contributed by atoms with van der Waals surface area (Å²) < 4.78 is 0. The summed E-state index contributed by atoms with van der Waals surface area (Å²) in [6.07, 6.45) is 3.27. The molecule has 2 heteroatoms. The molecule has 2 atom stereocenters. The van der Waals surface area contributed by atoms with Gasteiger partial charge in [0.15, 0.2) is 0 Å². The normalized spacial score (nSPS) is 20.8. The molecule has 1 aliphatic rings. The van der Waals surface area contributed by atoms with Gasteiger partial charge in [0.25, 0.3) is 0 Å². The fraction of sp³-hybridized carbons (Fsp3) is 0.350. The molecule has 0 bridgehead atoms. The standard InChI is InChI=1S/C20H23NO/c1-2-3-14-18-19(17-12-8-5-9-13-17)21(20(18)22)15-16-10-6-4-7-11-16/h4-13,18-19H,2-3,14-15H2,1H3/t18-,19-/m1/s1. The van der Waals surface area contributed by atoms with E-state index in [-0.39, 0.29) is 12.0 Å². The first-order valence-electron chi connectivity index (χ1n) is 8.20.